The summed E-state index contributed by atoms with van der Waals surface area (Å²) in [7, 11) is 1.65. The first kappa shape index (κ1) is 19.9. The van der Waals surface area contributed by atoms with Gasteiger partial charge >= 0.3 is 0 Å². The van der Waals surface area contributed by atoms with Crippen molar-refractivity contribution in [3.63, 3.8) is 0 Å². The summed E-state index contributed by atoms with van der Waals surface area (Å²) in [5.74, 6) is -0.354. The third-order valence-electron chi connectivity index (χ3n) is 5.42. The van der Waals surface area contributed by atoms with Crippen molar-refractivity contribution in [2.24, 2.45) is 0 Å². The minimum Gasteiger partial charge on any atom is -0.352 e. The number of likely N-dealkylation sites (N-methyl/N-ethyl adjacent to an activating group) is 1. The third kappa shape index (κ3) is 4.27. The number of aromatic nitrogens is 2. The van der Waals surface area contributed by atoms with Crippen LogP contribution in [0, 0.1) is 13.8 Å². The summed E-state index contributed by atoms with van der Waals surface area (Å²) in [4.78, 5) is 26.9. The van der Waals surface area contributed by atoms with Crippen LogP contribution in [0.3, 0.4) is 0 Å². The second kappa shape index (κ2) is 8.14. The predicted octanol–water partition coefficient (Wildman–Crippen LogP) is 3.51. The molecule has 1 saturated carbocycles. The van der Waals surface area contributed by atoms with Crippen LogP contribution in [0.4, 0.5) is 0 Å². The first-order valence-electron chi connectivity index (χ1n) is 10.2. The maximum absolute atomic E-state index is 13.3. The highest BCUT2D eigenvalue weighted by molar-refractivity contribution is 6.01. The normalized spacial score (nSPS) is 13.2. The molecule has 1 heterocycles. The van der Waals surface area contributed by atoms with E-state index in [0.717, 1.165) is 29.7 Å². The Kier molecular flexibility index (Phi) is 5.40. The van der Waals surface area contributed by atoms with Gasteiger partial charge in [-0.15, -0.1) is 0 Å². The fourth-order valence-electron chi connectivity index (χ4n) is 3.34. The van der Waals surface area contributed by atoms with Gasteiger partial charge in [-0.2, -0.15) is 5.10 Å². The quantitative estimate of drug-likeness (QED) is 0.686. The standard InChI is InChI=1S/C24H26N4O2/c1-16-9-10-18(13-17(16)2)23-21(14-28(26-23)20-7-5-4-6-8-20)24(30)27(3)15-22(29)25-19-11-12-19/h4-10,13-14,19H,11-12,15H2,1-3H3,(H,25,29). The molecule has 1 fully saturated rings. The monoisotopic (exact) mass is 402 g/mol. The highest BCUT2D eigenvalue weighted by atomic mass is 16.2. The molecule has 0 radical (unpaired) electrons. The van der Waals surface area contributed by atoms with Crippen molar-refractivity contribution in [2.75, 3.05) is 13.6 Å². The van der Waals surface area contributed by atoms with Gasteiger partial charge in [-0.05, 0) is 56.0 Å². The molecule has 3 aromatic rings. The number of nitrogens with zero attached hydrogens (tertiary/aromatic N) is 3. The molecule has 1 aliphatic carbocycles. The lowest BCUT2D eigenvalue weighted by atomic mass is 10.0. The van der Waals surface area contributed by atoms with Crippen LogP contribution in [-0.4, -0.2) is 46.1 Å². The zero-order valence-corrected chi connectivity index (χ0v) is 17.6. The van der Waals surface area contributed by atoms with Crippen molar-refractivity contribution in [2.45, 2.75) is 32.7 Å². The molecular formula is C24H26N4O2. The molecule has 0 bridgehead atoms. The molecule has 0 saturated heterocycles. The van der Waals surface area contributed by atoms with Crippen molar-refractivity contribution in [1.82, 2.24) is 20.0 Å². The van der Waals surface area contributed by atoms with Crippen LogP contribution < -0.4 is 5.32 Å². The van der Waals surface area contributed by atoms with E-state index in [4.69, 9.17) is 5.10 Å². The zero-order chi connectivity index (χ0) is 21.3. The Morgan fingerprint density at radius 2 is 1.83 bits per heavy atom. The Balaban J connectivity index is 1.69. The van der Waals surface area contributed by atoms with E-state index in [1.807, 2.05) is 55.5 Å². The van der Waals surface area contributed by atoms with E-state index in [2.05, 4.69) is 12.2 Å². The molecule has 1 aliphatic rings. The van der Waals surface area contributed by atoms with Crippen LogP contribution in [0.15, 0.2) is 54.7 Å². The zero-order valence-electron chi connectivity index (χ0n) is 17.6. The van der Waals surface area contributed by atoms with Crippen molar-refractivity contribution in [3.05, 3.63) is 71.4 Å². The van der Waals surface area contributed by atoms with Crippen LogP contribution in [0.1, 0.15) is 34.3 Å². The SMILES string of the molecule is Cc1ccc(-c2nn(-c3ccccc3)cc2C(=O)N(C)CC(=O)NC2CC2)cc1C. The van der Waals surface area contributed by atoms with Gasteiger partial charge in [-0.25, -0.2) is 4.68 Å². The van der Waals surface area contributed by atoms with E-state index in [9.17, 15) is 9.59 Å². The van der Waals surface area contributed by atoms with Gasteiger partial charge in [0.15, 0.2) is 0 Å². The summed E-state index contributed by atoms with van der Waals surface area (Å²) in [5, 5.41) is 7.66. The second-order valence-electron chi connectivity index (χ2n) is 7.97. The number of para-hydroxylation sites is 1. The number of rotatable bonds is 6. The summed E-state index contributed by atoms with van der Waals surface area (Å²) < 4.78 is 1.72. The van der Waals surface area contributed by atoms with E-state index in [1.54, 1.807) is 17.9 Å². The molecule has 30 heavy (non-hydrogen) atoms. The molecule has 0 spiro atoms. The van der Waals surface area contributed by atoms with Crippen LogP contribution in [0.25, 0.3) is 16.9 Å². The van der Waals surface area contributed by atoms with Crippen LogP contribution in [0.5, 0.6) is 0 Å². The number of benzene rings is 2. The summed E-state index contributed by atoms with van der Waals surface area (Å²) in [6.07, 6.45) is 3.78. The number of carbonyl (C=O) groups excluding carboxylic acids is 2. The highest BCUT2D eigenvalue weighted by Gasteiger charge is 2.26. The molecule has 0 unspecified atom stereocenters. The number of amides is 2. The minimum absolute atomic E-state index is 0.0260. The van der Waals surface area contributed by atoms with Gasteiger partial charge in [-0.3, -0.25) is 9.59 Å². The Labute approximate surface area is 176 Å². The van der Waals surface area contributed by atoms with Gasteiger partial charge in [0, 0.05) is 24.8 Å². The first-order valence-corrected chi connectivity index (χ1v) is 10.2. The summed E-state index contributed by atoms with van der Waals surface area (Å²) in [6.45, 7) is 4.13. The van der Waals surface area contributed by atoms with Crippen molar-refractivity contribution in [3.8, 4) is 16.9 Å². The van der Waals surface area contributed by atoms with Crippen LogP contribution in [-0.2, 0) is 4.79 Å². The van der Waals surface area contributed by atoms with Crippen molar-refractivity contribution >= 4 is 11.8 Å². The van der Waals surface area contributed by atoms with Gasteiger partial charge in [0.25, 0.3) is 5.91 Å². The Morgan fingerprint density at radius 1 is 1.10 bits per heavy atom. The maximum atomic E-state index is 13.3. The molecule has 154 valence electrons. The van der Waals surface area contributed by atoms with Crippen LogP contribution >= 0.6 is 0 Å². The number of carbonyl (C=O) groups is 2. The highest BCUT2D eigenvalue weighted by Crippen LogP contribution is 2.27. The molecular weight excluding hydrogens is 376 g/mol. The molecule has 6 nitrogen and oxygen atoms in total. The average Bonchev–Trinajstić information content (AvgIpc) is 3.43. The fourth-order valence-corrected chi connectivity index (χ4v) is 3.34. The lowest BCUT2D eigenvalue weighted by molar-refractivity contribution is -0.121. The van der Waals surface area contributed by atoms with Gasteiger partial charge in [0.05, 0.1) is 17.8 Å². The largest absolute Gasteiger partial charge is 0.352 e. The van der Waals surface area contributed by atoms with Gasteiger partial charge < -0.3 is 10.2 Å². The van der Waals surface area contributed by atoms with E-state index >= 15 is 0 Å². The number of hydrogen-bond acceptors (Lipinski definition) is 3. The molecule has 0 aliphatic heterocycles. The molecule has 0 atom stereocenters. The smallest absolute Gasteiger partial charge is 0.257 e. The topological polar surface area (TPSA) is 67.2 Å². The number of hydrogen-bond donors (Lipinski definition) is 1. The van der Waals surface area contributed by atoms with E-state index in [0.29, 0.717) is 11.3 Å². The van der Waals surface area contributed by atoms with E-state index in [-0.39, 0.29) is 24.4 Å². The molecule has 2 aromatic carbocycles. The van der Waals surface area contributed by atoms with Crippen molar-refractivity contribution < 1.29 is 9.59 Å². The Bertz CT molecular complexity index is 1080. The lowest BCUT2D eigenvalue weighted by Gasteiger charge is -2.16. The van der Waals surface area contributed by atoms with Gasteiger partial charge in [-0.1, -0.05) is 30.3 Å². The van der Waals surface area contributed by atoms with Crippen LogP contribution in [0.2, 0.25) is 0 Å². The van der Waals surface area contributed by atoms with Gasteiger partial charge in [0.1, 0.15) is 5.69 Å². The average molecular weight is 402 g/mol. The Hall–Kier alpha value is -3.41. The maximum Gasteiger partial charge on any atom is 0.257 e. The molecule has 2 amide bonds. The first-order chi connectivity index (χ1) is 14.4. The molecule has 1 N–H and O–H groups in total. The minimum atomic E-state index is -0.226. The lowest BCUT2D eigenvalue weighted by Crippen LogP contribution is -2.39. The number of aryl methyl sites for hydroxylation is 2. The Morgan fingerprint density at radius 3 is 2.50 bits per heavy atom. The molecule has 1 aromatic heterocycles. The summed E-state index contributed by atoms with van der Waals surface area (Å²) >= 11 is 0. The van der Waals surface area contributed by atoms with Gasteiger partial charge in [0.2, 0.25) is 5.91 Å². The molecule has 4 rings (SSSR count). The number of nitrogens with one attached hydrogen (secondary N) is 1. The predicted molar refractivity (Wildman–Crippen MR) is 117 cm³/mol. The fraction of sp³-hybridized carbons (Fsp3) is 0.292. The summed E-state index contributed by atoms with van der Waals surface area (Å²) in [5.41, 5.74) is 5.16. The second-order valence-corrected chi connectivity index (χ2v) is 7.97. The van der Waals surface area contributed by atoms with E-state index in [1.165, 1.54) is 10.5 Å². The third-order valence-corrected chi connectivity index (χ3v) is 5.42. The van der Waals surface area contributed by atoms with Crippen molar-refractivity contribution in [1.29, 1.82) is 0 Å². The van der Waals surface area contributed by atoms with E-state index < -0.39 is 0 Å². The molecule has 6 heteroatoms. The summed E-state index contributed by atoms with van der Waals surface area (Å²) in [6, 6.07) is 16.0.